The molecule has 186 valence electrons. The lowest BCUT2D eigenvalue weighted by atomic mass is 9.99. The molecule has 1 unspecified atom stereocenters. The number of fused-ring (bicyclic) bond motifs is 1. The number of hydrogen-bond donors (Lipinski definition) is 2. The van der Waals surface area contributed by atoms with Crippen LogP contribution in [0.25, 0.3) is 10.8 Å². The Labute approximate surface area is 205 Å². The highest BCUT2D eigenvalue weighted by Gasteiger charge is 2.21. The number of nitrogens with zero attached hydrogens (tertiary/aromatic N) is 1. The smallest absolute Gasteiger partial charge is 0.304 e. The van der Waals surface area contributed by atoms with Crippen LogP contribution in [0.4, 0.5) is 5.69 Å². The number of carbonyl (C=O) groups is 2. The summed E-state index contributed by atoms with van der Waals surface area (Å²) < 4.78 is 0. The highest BCUT2D eigenvalue weighted by Crippen LogP contribution is 2.24. The fourth-order valence-corrected chi connectivity index (χ4v) is 4.26. The molecule has 0 fully saturated rings. The average Bonchev–Trinajstić information content (AvgIpc) is 2.83. The lowest BCUT2D eigenvalue weighted by Gasteiger charge is -2.14. The number of aromatic nitrogens is 1. The third-order valence-electron chi connectivity index (χ3n) is 6.29. The van der Waals surface area contributed by atoms with Crippen LogP contribution >= 0.6 is 0 Å². The predicted molar refractivity (Wildman–Crippen MR) is 141 cm³/mol. The Bertz CT molecular complexity index is 889. The van der Waals surface area contributed by atoms with Gasteiger partial charge in [0.15, 0.2) is 0 Å². The number of anilines is 1. The van der Waals surface area contributed by atoms with Crippen LogP contribution in [0.2, 0.25) is 0 Å². The Kier molecular flexibility index (Phi) is 13.7. The zero-order valence-electron chi connectivity index (χ0n) is 20.8. The molecule has 0 saturated carbocycles. The van der Waals surface area contributed by atoms with Crippen LogP contribution in [0.1, 0.15) is 96.8 Å². The number of nitrogens with one attached hydrogen (secondary N) is 1. The second kappa shape index (κ2) is 16.9. The van der Waals surface area contributed by atoms with Crippen LogP contribution in [0.5, 0.6) is 0 Å². The molecule has 0 aliphatic heterocycles. The molecule has 0 bridgehead atoms. The van der Waals surface area contributed by atoms with E-state index >= 15 is 0 Å². The van der Waals surface area contributed by atoms with Crippen LogP contribution in [0.3, 0.4) is 0 Å². The molecule has 2 aromatic rings. The third kappa shape index (κ3) is 11.0. The molecule has 0 aliphatic rings. The van der Waals surface area contributed by atoms with Gasteiger partial charge in [-0.1, -0.05) is 95.4 Å². The maximum Gasteiger partial charge on any atom is 0.304 e. The summed E-state index contributed by atoms with van der Waals surface area (Å²) in [4.78, 5) is 28.3. The number of benzene rings is 1. The van der Waals surface area contributed by atoms with E-state index < -0.39 is 11.9 Å². The molecule has 1 atom stereocenters. The van der Waals surface area contributed by atoms with Crippen LogP contribution in [0, 0.1) is 5.92 Å². The first-order chi connectivity index (χ1) is 16.6. The summed E-state index contributed by atoms with van der Waals surface area (Å²) in [6, 6.07) is 7.54. The van der Waals surface area contributed by atoms with Gasteiger partial charge in [0.1, 0.15) is 0 Å². The van der Waals surface area contributed by atoms with Gasteiger partial charge in [0.2, 0.25) is 5.91 Å². The number of rotatable bonds is 18. The third-order valence-corrected chi connectivity index (χ3v) is 6.29. The summed E-state index contributed by atoms with van der Waals surface area (Å²) in [5, 5.41) is 14.0. The van der Waals surface area contributed by atoms with E-state index in [1.807, 2.05) is 30.3 Å². The van der Waals surface area contributed by atoms with E-state index in [2.05, 4.69) is 23.3 Å². The Morgan fingerprint density at radius 3 is 2.29 bits per heavy atom. The number of allylic oxidation sites excluding steroid dienone is 2. The first-order valence-corrected chi connectivity index (χ1v) is 13.1. The summed E-state index contributed by atoms with van der Waals surface area (Å²) >= 11 is 0. The zero-order chi connectivity index (χ0) is 24.4. The van der Waals surface area contributed by atoms with E-state index in [0.29, 0.717) is 12.1 Å². The molecule has 0 radical (unpaired) electrons. The van der Waals surface area contributed by atoms with Gasteiger partial charge in [0.25, 0.3) is 0 Å². The average molecular weight is 467 g/mol. The Balaban J connectivity index is 1.67. The fraction of sp³-hybridized carbons (Fsp3) is 0.552. The van der Waals surface area contributed by atoms with Gasteiger partial charge < -0.3 is 10.4 Å². The number of carboxylic acid groups (broad SMARTS) is 1. The van der Waals surface area contributed by atoms with Crippen LogP contribution in [0.15, 0.2) is 48.8 Å². The first kappa shape index (κ1) is 27.6. The molecule has 0 aliphatic carbocycles. The van der Waals surface area contributed by atoms with Gasteiger partial charge in [-0.3, -0.25) is 14.6 Å². The van der Waals surface area contributed by atoms with Crippen molar-refractivity contribution in [2.45, 2.75) is 96.8 Å². The van der Waals surface area contributed by atoms with Crippen molar-refractivity contribution in [3.8, 4) is 0 Å². The highest BCUT2D eigenvalue weighted by atomic mass is 16.4. The summed E-state index contributed by atoms with van der Waals surface area (Å²) in [6.45, 7) is 2.26. The molecule has 2 rings (SSSR count). The second-order valence-corrected chi connectivity index (χ2v) is 9.22. The van der Waals surface area contributed by atoms with Gasteiger partial charge in [-0.05, 0) is 36.8 Å². The van der Waals surface area contributed by atoms with Crippen molar-refractivity contribution in [1.82, 2.24) is 4.98 Å². The van der Waals surface area contributed by atoms with E-state index in [1.165, 1.54) is 64.2 Å². The van der Waals surface area contributed by atoms with E-state index in [-0.39, 0.29) is 12.3 Å². The summed E-state index contributed by atoms with van der Waals surface area (Å²) in [5.41, 5.74) is 0.663. The zero-order valence-corrected chi connectivity index (χ0v) is 20.8. The lowest BCUT2D eigenvalue weighted by molar-refractivity contribution is -0.140. The Morgan fingerprint density at radius 1 is 0.941 bits per heavy atom. The van der Waals surface area contributed by atoms with Crippen molar-refractivity contribution >= 4 is 28.3 Å². The molecule has 2 N–H and O–H groups in total. The Hall–Kier alpha value is -2.69. The standard InChI is InChI=1S/C29H42N2O3/c1-2-3-4-5-6-7-8-9-10-11-12-13-14-15-17-25(22-28(32)33)29(34)31-27-19-16-18-24-20-21-30-23-26(24)27/h14-16,18-21,23,25H,2-13,17,22H2,1H3,(H,31,34)(H,32,33)/b15-14-. The minimum atomic E-state index is -0.960. The van der Waals surface area contributed by atoms with Crippen molar-refractivity contribution in [2.75, 3.05) is 5.32 Å². The van der Waals surface area contributed by atoms with Gasteiger partial charge in [-0.2, -0.15) is 0 Å². The van der Waals surface area contributed by atoms with E-state index in [1.54, 1.807) is 12.4 Å². The fourth-order valence-electron chi connectivity index (χ4n) is 4.26. The van der Waals surface area contributed by atoms with E-state index in [0.717, 1.165) is 23.6 Å². The minimum Gasteiger partial charge on any atom is -0.481 e. The van der Waals surface area contributed by atoms with Crippen molar-refractivity contribution in [3.05, 3.63) is 48.8 Å². The molecule has 1 aromatic carbocycles. The van der Waals surface area contributed by atoms with Gasteiger partial charge >= 0.3 is 5.97 Å². The number of pyridine rings is 1. The summed E-state index contributed by atoms with van der Waals surface area (Å²) in [5.74, 6) is -1.82. The molecule has 1 amide bonds. The first-order valence-electron chi connectivity index (χ1n) is 13.1. The van der Waals surface area contributed by atoms with Crippen molar-refractivity contribution in [3.63, 3.8) is 0 Å². The number of hydrogen-bond acceptors (Lipinski definition) is 3. The maximum absolute atomic E-state index is 12.8. The molecule has 1 aromatic heterocycles. The number of carboxylic acids is 1. The molecule has 1 heterocycles. The van der Waals surface area contributed by atoms with Crippen molar-refractivity contribution < 1.29 is 14.7 Å². The lowest BCUT2D eigenvalue weighted by Crippen LogP contribution is -2.25. The summed E-state index contributed by atoms with van der Waals surface area (Å²) in [6.07, 6.45) is 23.2. The highest BCUT2D eigenvalue weighted by molar-refractivity contribution is 6.03. The normalized spacial score (nSPS) is 12.3. The monoisotopic (exact) mass is 466 g/mol. The van der Waals surface area contributed by atoms with E-state index in [9.17, 15) is 14.7 Å². The SMILES string of the molecule is CCCCCCCCCCCCC/C=C\CC(CC(=O)O)C(=O)Nc1cccc2ccncc12. The number of aliphatic carboxylic acids is 1. The topological polar surface area (TPSA) is 79.3 Å². The number of amides is 1. The predicted octanol–water partition coefficient (Wildman–Crippen LogP) is 7.91. The van der Waals surface area contributed by atoms with Crippen LogP contribution < -0.4 is 5.32 Å². The Morgan fingerprint density at radius 2 is 1.62 bits per heavy atom. The van der Waals surface area contributed by atoms with Gasteiger partial charge in [0.05, 0.1) is 18.0 Å². The van der Waals surface area contributed by atoms with Gasteiger partial charge in [-0.25, -0.2) is 0 Å². The minimum absolute atomic E-state index is 0.183. The van der Waals surface area contributed by atoms with E-state index in [4.69, 9.17) is 0 Å². The molecule has 34 heavy (non-hydrogen) atoms. The van der Waals surface area contributed by atoms with Crippen LogP contribution in [-0.4, -0.2) is 22.0 Å². The molecule has 5 heteroatoms. The molecular formula is C29H42N2O3. The number of carbonyl (C=O) groups excluding carboxylic acids is 1. The maximum atomic E-state index is 12.8. The quantitative estimate of drug-likeness (QED) is 0.173. The second-order valence-electron chi connectivity index (χ2n) is 9.22. The molecule has 5 nitrogen and oxygen atoms in total. The molecule has 0 spiro atoms. The van der Waals surface area contributed by atoms with Crippen LogP contribution in [-0.2, 0) is 9.59 Å². The van der Waals surface area contributed by atoms with Gasteiger partial charge in [-0.15, -0.1) is 0 Å². The molecule has 0 saturated heterocycles. The van der Waals surface area contributed by atoms with Crippen molar-refractivity contribution in [2.24, 2.45) is 5.92 Å². The molecular weight excluding hydrogens is 424 g/mol. The summed E-state index contributed by atoms with van der Waals surface area (Å²) in [7, 11) is 0. The van der Waals surface area contributed by atoms with Gasteiger partial charge in [0, 0.05) is 17.8 Å². The number of unbranched alkanes of at least 4 members (excludes halogenated alkanes) is 11. The largest absolute Gasteiger partial charge is 0.481 e. The van der Waals surface area contributed by atoms with Crippen molar-refractivity contribution in [1.29, 1.82) is 0 Å².